The predicted octanol–water partition coefficient (Wildman–Crippen LogP) is 1.32. The van der Waals surface area contributed by atoms with Gasteiger partial charge in [-0.25, -0.2) is 0 Å². The maximum Gasteiger partial charge on any atom is 0.264 e. The Bertz CT molecular complexity index is 224. The first-order chi connectivity index (χ1) is 5.91. The summed E-state index contributed by atoms with van der Waals surface area (Å²) in [6.07, 6.45) is 0.781. The van der Waals surface area contributed by atoms with Crippen LogP contribution in [0.15, 0.2) is 10.6 Å². The predicted molar refractivity (Wildman–Crippen MR) is 55.5 cm³/mol. The molecule has 0 aliphatic rings. The topological polar surface area (TPSA) is 46.3 Å². The molecule has 2 N–H and O–H groups in total. The van der Waals surface area contributed by atoms with E-state index in [1.807, 2.05) is 6.92 Å². The summed E-state index contributed by atoms with van der Waals surface area (Å²) in [5, 5.41) is 0.236. The fourth-order valence-electron chi connectivity index (χ4n) is 0.834. The Morgan fingerprint density at radius 1 is 1.54 bits per heavy atom. The number of rotatable bonds is 3. The summed E-state index contributed by atoms with van der Waals surface area (Å²) in [5.74, 6) is -0.192. The van der Waals surface area contributed by atoms with E-state index in [1.165, 1.54) is 4.90 Å². The number of halogens is 1. The second-order valence-corrected chi connectivity index (χ2v) is 3.59. The SMILES string of the molecule is CCC(N)/C(C)=C(/Cl)C(=O)N(C)C. The van der Waals surface area contributed by atoms with Gasteiger partial charge in [0.1, 0.15) is 5.03 Å². The molecule has 0 radical (unpaired) electrons. The van der Waals surface area contributed by atoms with E-state index in [0.29, 0.717) is 0 Å². The molecule has 1 atom stereocenters. The van der Waals surface area contributed by atoms with Crippen LogP contribution in [-0.4, -0.2) is 30.9 Å². The minimum Gasteiger partial charge on any atom is -0.344 e. The monoisotopic (exact) mass is 204 g/mol. The number of nitrogens with zero attached hydrogens (tertiary/aromatic N) is 1. The molecule has 0 heterocycles. The van der Waals surface area contributed by atoms with Gasteiger partial charge >= 0.3 is 0 Å². The van der Waals surface area contributed by atoms with Gasteiger partial charge in [-0.1, -0.05) is 18.5 Å². The molecule has 0 saturated carbocycles. The van der Waals surface area contributed by atoms with Gasteiger partial charge in [0, 0.05) is 20.1 Å². The second kappa shape index (κ2) is 5.25. The highest BCUT2D eigenvalue weighted by Crippen LogP contribution is 2.15. The molecule has 1 amide bonds. The molecule has 0 aromatic rings. The zero-order valence-electron chi connectivity index (χ0n) is 8.60. The van der Waals surface area contributed by atoms with Crippen molar-refractivity contribution in [2.75, 3.05) is 14.1 Å². The van der Waals surface area contributed by atoms with Gasteiger partial charge in [0.25, 0.3) is 5.91 Å². The Balaban J connectivity index is 4.70. The smallest absolute Gasteiger partial charge is 0.264 e. The van der Waals surface area contributed by atoms with Gasteiger partial charge in [-0.2, -0.15) is 0 Å². The summed E-state index contributed by atoms with van der Waals surface area (Å²) < 4.78 is 0. The van der Waals surface area contributed by atoms with Crippen molar-refractivity contribution in [2.24, 2.45) is 5.73 Å². The summed E-state index contributed by atoms with van der Waals surface area (Å²) in [4.78, 5) is 12.8. The molecule has 0 aromatic heterocycles. The molecular weight excluding hydrogens is 188 g/mol. The quantitative estimate of drug-likeness (QED) is 0.705. The number of carbonyl (C=O) groups excluding carboxylic acids is 1. The van der Waals surface area contributed by atoms with Crippen molar-refractivity contribution in [1.29, 1.82) is 0 Å². The Labute approximate surface area is 84.5 Å². The molecule has 0 aliphatic carbocycles. The van der Waals surface area contributed by atoms with Crippen LogP contribution >= 0.6 is 11.6 Å². The molecule has 0 saturated heterocycles. The van der Waals surface area contributed by atoms with E-state index in [-0.39, 0.29) is 17.0 Å². The number of amides is 1. The van der Waals surface area contributed by atoms with Crippen LogP contribution in [0.5, 0.6) is 0 Å². The Kier molecular flexibility index (Phi) is 5.03. The third kappa shape index (κ3) is 3.36. The van der Waals surface area contributed by atoms with E-state index < -0.39 is 0 Å². The van der Waals surface area contributed by atoms with Gasteiger partial charge in [-0.05, 0) is 18.9 Å². The zero-order valence-corrected chi connectivity index (χ0v) is 9.35. The van der Waals surface area contributed by atoms with Gasteiger partial charge in [-0.15, -0.1) is 0 Å². The number of likely N-dealkylation sites (N-methyl/N-ethyl adjacent to an activating group) is 1. The molecule has 0 spiro atoms. The largest absolute Gasteiger partial charge is 0.344 e. The lowest BCUT2D eigenvalue weighted by Crippen LogP contribution is -2.27. The van der Waals surface area contributed by atoms with E-state index in [4.69, 9.17) is 17.3 Å². The molecule has 3 nitrogen and oxygen atoms in total. The fourth-order valence-corrected chi connectivity index (χ4v) is 1.14. The first-order valence-corrected chi connectivity index (χ1v) is 4.63. The minimum absolute atomic E-state index is 0.128. The summed E-state index contributed by atoms with van der Waals surface area (Å²) in [6, 6.07) is -0.128. The van der Waals surface area contributed by atoms with Crippen molar-refractivity contribution in [3.8, 4) is 0 Å². The third-order valence-electron chi connectivity index (χ3n) is 1.94. The average Bonchev–Trinajstić information content (AvgIpc) is 2.12. The fraction of sp³-hybridized carbons (Fsp3) is 0.667. The van der Waals surface area contributed by atoms with Crippen LogP contribution < -0.4 is 5.73 Å². The second-order valence-electron chi connectivity index (χ2n) is 3.21. The van der Waals surface area contributed by atoms with Crippen molar-refractivity contribution in [1.82, 2.24) is 4.90 Å². The molecular formula is C9H17ClN2O. The normalized spacial score (nSPS) is 14.9. The van der Waals surface area contributed by atoms with Crippen molar-refractivity contribution >= 4 is 17.5 Å². The summed E-state index contributed by atoms with van der Waals surface area (Å²) in [7, 11) is 3.32. The maximum atomic E-state index is 11.4. The molecule has 76 valence electrons. The molecule has 0 bridgehead atoms. The molecule has 4 heteroatoms. The van der Waals surface area contributed by atoms with Crippen LogP contribution in [-0.2, 0) is 4.79 Å². The van der Waals surface area contributed by atoms with Gasteiger partial charge < -0.3 is 10.6 Å². The Hall–Kier alpha value is -0.540. The average molecular weight is 205 g/mol. The first kappa shape index (κ1) is 12.5. The van der Waals surface area contributed by atoms with E-state index in [1.54, 1.807) is 21.0 Å². The van der Waals surface area contributed by atoms with Crippen molar-refractivity contribution in [3.05, 3.63) is 10.6 Å². The van der Waals surface area contributed by atoms with Crippen LogP contribution in [0.25, 0.3) is 0 Å². The highest BCUT2D eigenvalue weighted by molar-refractivity contribution is 6.42. The van der Waals surface area contributed by atoms with Gasteiger partial charge in [0.2, 0.25) is 0 Å². The van der Waals surface area contributed by atoms with Crippen LogP contribution in [0, 0.1) is 0 Å². The molecule has 0 fully saturated rings. The van der Waals surface area contributed by atoms with E-state index in [2.05, 4.69) is 0 Å². The summed E-state index contributed by atoms with van der Waals surface area (Å²) in [5.41, 5.74) is 6.49. The number of hydrogen-bond donors (Lipinski definition) is 1. The van der Waals surface area contributed by atoms with Gasteiger partial charge in [0.15, 0.2) is 0 Å². The first-order valence-electron chi connectivity index (χ1n) is 4.25. The lowest BCUT2D eigenvalue weighted by molar-refractivity contribution is -0.124. The van der Waals surface area contributed by atoms with Gasteiger partial charge in [-0.3, -0.25) is 4.79 Å². The molecule has 0 rings (SSSR count). The third-order valence-corrected chi connectivity index (χ3v) is 2.40. The van der Waals surface area contributed by atoms with E-state index in [0.717, 1.165) is 12.0 Å². The van der Waals surface area contributed by atoms with Crippen molar-refractivity contribution < 1.29 is 4.79 Å². The van der Waals surface area contributed by atoms with Crippen LogP contribution in [0.1, 0.15) is 20.3 Å². The highest BCUT2D eigenvalue weighted by atomic mass is 35.5. The van der Waals surface area contributed by atoms with Crippen LogP contribution in [0.3, 0.4) is 0 Å². The number of hydrogen-bond acceptors (Lipinski definition) is 2. The van der Waals surface area contributed by atoms with Gasteiger partial charge in [0.05, 0.1) is 0 Å². The standard InChI is InChI=1S/C9H17ClN2O/c1-5-7(11)6(2)8(10)9(13)12(3)4/h7H,5,11H2,1-4H3/b8-6+. The van der Waals surface area contributed by atoms with Crippen molar-refractivity contribution in [2.45, 2.75) is 26.3 Å². The number of carbonyl (C=O) groups is 1. The number of nitrogens with two attached hydrogens (primary N) is 1. The molecule has 0 aliphatic heterocycles. The molecule has 1 unspecified atom stereocenters. The maximum absolute atomic E-state index is 11.4. The van der Waals surface area contributed by atoms with E-state index in [9.17, 15) is 4.79 Å². The zero-order chi connectivity index (χ0) is 10.6. The lowest BCUT2D eigenvalue weighted by atomic mass is 10.1. The van der Waals surface area contributed by atoms with Crippen molar-refractivity contribution in [3.63, 3.8) is 0 Å². The summed E-state index contributed by atoms with van der Waals surface area (Å²) >= 11 is 5.86. The Morgan fingerprint density at radius 3 is 2.31 bits per heavy atom. The van der Waals surface area contributed by atoms with Crippen LogP contribution in [0.4, 0.5) is 0 Å². The molecule has 13 heavy (non-hydrogen) atoms. The summed E-state index contributed by atoms with van der Waals surface area (Å²) in [6.45, 7) is 3.75. The molecule has 0 aromatic carbocycles. The Morgan fingerprint density at radius 2 is 2.00 bits per heavy atom. The highest BCUT2D eigenvalue weighted by Gasteiger charge is 2.15. The minimum atomic E-state index is -0.192. The van der Waals surface area contributed by atoms with E-state index >= 15 is 0 Å². The lowest BCUT2D eigenvalue weighted by Gasteiger charge is -2.15. The van der Waals surface area contributed by atoms with Crippen LogP contribution in [0.2, 0.25) is 0 Å².